The van der Waals surface area contributed by atoms with Crippen LogP contribution in [0.3, 0.4) is 0 Å². The predicted molar refractivity (Wildman–Crippen MR) is 167 cm³/mol. The van der Waals surface area contributed by atoms with Crippen LogP contribution in [0.25, 0.3) is 5.76 Å². The molecule has 0 bridgehead atoms. The Hall–Kier alpha value is -4.88. The fourth-order valence-electron chi connectivity index (χ4n) is 7.67. The Morgan fingerprint density at radius 1 is 1.00 bits per heavy atom. The molecule has 0 unspecified atom stereocenters. The van der Waals surface area contributed by atoms with Gasteiger partial charge < -0.3 is 41.7 Å². The van der Waals surface area contributed by atoms with Gasteiger partial charge in [-0.25, -0.2) is 4.79 Å². The third-order valence-corrected chi connectivity index (χ3v) is 9.37. The van der Waals surface area contributed by atoms with Crippen molar-refractivity contribution in [3.05, 3.63) is 64.4 Å². The zero-order chi connectivity index (χ0) is 33.4. The summed E-state index contributed by atoms with van der Waals surface area (Å²) in [5, 5.41) is 51.9. The largest absolute Gasteiger partial charge is 0.508 e. The van der Waals surface area contributed by atoms with Gasteiger partial charge in [0.1, 0.15) is 17.1 Å². The molecule has 13 heteroatoms. The lowest BCUT2D eigenvalue weighted by Crippen LogP contribution is -2.72. The molecule has 1 fully saturated rings. The maximum absolute atomic E-state index is 14.5. The monoisotopic (exact) mass is 619 g/mol. The van der Waals surface area contributed by atoms with Crippen LogP contribution in [0, 0.1) is 10.8 Å². The van der Waals surface area contributed by atoms with Crippen molar-refractivity contribution in [3.8, 4) is 5.75 Å². The number of nitrogens with one attached hydrogen (secondary N) is 2. The van der Waals surface area contributed by atoms with Gasteiger partial charge in [0, 0.05) is 41.9 Å². The summed E-state index contributed by atoms with van der Waals surface area (Å²) in [6.45, 7) is 3.18. The number of benzene rings is 2. The average Bonchev–Trinajstić information content (AvgIpc) is 2.92. The highest BCUT2D eigenvalue weighted by Gasteiger charge is 2.72. The molecule has 3 aliphatic carbocycles. The van der Waals surface area contributed by atoms with Crippen LogP contribution in [0.2, 0.25) is 0 Å². The van der Waals surface area contributed by atoms with E-state index >= 15 is 0 Å². The van der Waals surface area contributed by atoms with Crippen LogP contribution in [0.15, 0.2) is 53.3 Å². The Bertz CT molecular complexity index is 1730. The number of aliphatic hydroxyl groups is 3. The Morgan fingerprint density at radius 3 is 2.18 bits per heavy atom. The summed E-state index contributed by atoms with van der Waals surface area (Å²) >= 11 is 0. The number of likely N-dealkylation sites (N-methyl/N-ethyl adjacent to an activating group) is 1. The number of hydrogen-bond acceptors (Lipinski definition) is 10. The molecule has 45 heavy (non-hydrogen) atoms. The number of phenolic OH excluding ortho intramolecular Hbond substituents is 1. The normalized spacial score (nSPS) is 27.5. The molecule has 2 aromatic carbocycles. The lowest BCUT2D eigenvalue weighted by molar-refractivity contribution is -0.175. The number of anilines is 3. The van der Waals surface area contributed by atoms with E-state index in [1.54, 1.807) is 76.4 Å². The molecule has 0 aliphatic heterocycles. The first kappa shape index (κ1) is 31.5. The summed E-state index contributed by atoms with van der Waals surface area (Å²) < 4.78 is 0. The van der Waals surface area contributed by atoms with Gasteiger partial charge in [-0.1, -0.05) is 32.0 Å². The maximum atomic E-state index is 14.5. The van der Waals surface area contributed by atoms with Gasteiger partial charge in [0.25, 0.3) is 5.91 Å². The van der Waals surface area contributed by atoms with Gasteiger partial charge in [0.15, 0.2) is 17.1 Å². The number of phenols is 1. The number of hydrogen-bond donors (Lipinski definition) is 7. The number of ketones is 2. The van der Waals surface area contributed by atoms with Crippen LogP contribution in [-0.4, -0.2) is 88.7 Å². The number of fused-ring (bicyclic) bond motifs is 3. The number of nitrogens with zero attached hydrogens (tertiary/aromatic N) is 2. The van der Waals surface area contributed by atoms with E-state index in [9.17, 15) is 39.6 Å². The second kappa shape index (κ2) is 10.3. The fraction of sp³-hybridized carbons (Fsp3) is 0.375. The van der Waals surface area contributed by atoms with Crippen molar-refractivity contribution in [1.82, 2.24) is 4.90 Å². The summed E-state index contributed by atoms with van der Waals surface area (Å²) in [5.74, 6) is -5.66. The number of rotatable bonds is 5. The highest BCUT2D eigenvalue weighted by molar-refractivity contribution is 6.25. The number of nitrogens with two attached hydrogens (primary N) is 1. The van der Waals surface area contributed by atoms with Crippen LogP contribution in [0.4, 0.5) is 21.9 Å². The molecule has 0 saturated heterocycles. The minimum Gasteiger partial charge on any atom is -0.508 e. The van der Waals surface area contributed by atoms with Crippen LogP contribution >= 0.6 is 0 Å². The molecule has 8 N–H and O–H groups in total. The smallest absolute Gasteiger partial charge is 0.323 e. The summed E-state index contributed by atoms with van der Waals surface area (Å²) in [4.78, 5) is 56.4. The van der Waals surface area contributed by atoms with Crippen LogP contribution < -0.4 is 21.3 Å². The molecule has 2 aromatic rings. The molecular formula is C32H37N5O8. The number of aromatic hydroxyl groups is 1. The standard InChI is InChI=1S/C32H37N5O8/c1-30-13-16-18(36(3)4)12-17(35-29(44)34-15-10-8-7-9-11-15)22(38)19(16)23(39)21(30)27(42)32(45)26(41)20(28(33)43)24(40)25(37(5)6)31(32,2)14-30/h7-12,25,38-39,41,45H,13-14H2,1-6H3,(H2,33,43)(H2,34,35,44)/t25-,30+,31+,32-/m1/s1. The molecule has 0 radical (unpaired) electrons. The SMILES string of the molecule is CN(C)c1cc(NC(=O)Nc2ccccc2)c(O)c2c1C[C@@]1(C)C[C@@]3(C)[C@H](N(C)C)C(=O)C(C(N)=O)=C(O)[C@@]3(O)C(=O)C1=C2O. The predicted octanol–water partition coefficient (Wildman–Crippen LogP) is 2.45. The Morgan fingerprint density at radius 2 is 1.62 bits per heavy atom. The number of Topliss-reactive ketones (excluding diaryl/α,β-unsaturated/α-hetero) is 2. The summed E-state index contributed by atoms with van der Waals surface area (Å²) in [7, 11) is 6.57. The van der Waals surface area contributed by atoms with Crippen molar-refractivity contribution < 1.29 is 39.6 Å². The van der Waals surface area contributed by atoms with Crippen LogP contribution in [0.1, 0.15) is 31.4 Å². The number of primary amides is 1. The van der Waals surface area contributed by atoms with Gasteiger partial charge in [-0.15, -0.1) is 0 Å². The summed E-state index contributed by atoms with van der Waals surface area (Å²) in [6, 6.07) is 8.23. The molecule has 0 spiro atoms. The number of amides is 3. The van der Waals surface area contributed by atoms with E-state index in [0.717, 1.165) is 0 Å². The van der Waals surface area contributed by atoms with Gasteiger partial charge in [-0.05, 0) is 50.7 Å². The number of aliphatic hydroxyl groups excluding tert-OH is 2. The van der Waals surface area contributed by atoms with Crippen molar-refractivity contribution in [1.29, 1.82) is 0 Å². The third-order valence-electron chi connectivity index (χ3n) is 9.37. The number of para-hydroxylation sites is 1. The zero-order valence-electron chi connectivity index (χ0n) is 25.8. The van der Waals surface area contributed by atoms with Crippen LogP contribution in [-0.2, 0) is 20.8 Å². The Labute approximate surface area is 259 Å². The van der Waals surface area contributed by atoms with Gasteiger partial charge in [-0.2, -0.15) is 0 Å². The van der Waals surface area contributed by atoms with Crippen molar-refractivity contribution in [2.75, 3.05) is 43.7 Å². The first-order valence-corrected chi connectivity index (χ1v) is 14.2. The lowest BCUT2D eigenvalue weighted by Gasteiger charge is -2.59. The topological polar surface area (TPSA) is 206 Å². The fourth-order valence-corrected chi connectivity index (χ4v) is 7.67. The van der Waals surface area contributed by atoms with E-state index in [1.807, 2.05) is 0 Å². The first-order chi connectivity index (χ1) is 20.9. The van der Waals surface area contributed by atoms with Crippen molar-refractivity contribution in [3.63, 3.8) is 0 Å². The van der Waals surface area contributed by atoms with Crippen LogP contribution in [0.5, 0.6) is 5.75 Å². The highest BCUT2D eigenvalue weighted by Crippen LogP contribution is 2.63. The minimum atomic E-state index is -2.83. The Kier molecular flexibility index (Phi) is 7.25. The van der Waals surface area contributed by atoms with E-state index in [-0.39, 0.29) is 29.7 Å². The van der Waals surface area contributed by atoms with E-state index in [0.29, 0.717) is 16.9 Å². The minimum absolute atomic E-state index is 0.0665. The summed E-state index contributed by atoms with van der Waals surface area (Å²) in [6.07, 6.45) is -0.0307. The number of carbonyl (C=O) groups excluding carboxylic acids is 4. The average molecular weight is 620 g/mol. The van der Waals surface area contributed by atoms with E-state index < -0.39 is 68.8 Å². The molecular weight excluding hydrogens is 582 g/mol. The van der Waals surface area contributed by atoms with E-state index in [2.05, 4.69) is 10.6 Å². The van der Waals surface area contributed by atoms with E-state index in [4.69, 9.17) is 5.73 Å². The molecule has 238 valence electrons. The van der Waals surface area contributed by atoms with Crippen molar-refractivity contribution >= 4 is 46.3 Å². The van der Waals surface area contributed by atoms with Gasteiger partial charge >= 0.3 is 6.03 Å². The Balaban J connectivity index is 1.72. The zero-order valence-corrected chi connectivity index (χ0v) is 25.8. The molecule has 0 heterocycles. The van der Waals surface area contributed by atoms with Gasteiger partial charge in [-0.3, -0.25) is 19.3 Å². The van der Waals surface area contributed by atoms with Gasteiger partial charge in [0.05, 0.1) is 17.3 Å². The molecule has 5 rings (SSSR count). The van der Waals surface area contributed by atoms with E-state index in [1.165, 1.54) is 11.8 Å². The highest BCUT2D eigenvalue weighted by atomic mass is 16.3. The molecule has 1 saturated carbocycles. The molecule has 4 atom stereocenters. The molecule has 3 amide bonds. The van der Waals surface area contributed by atoms with Crippen molar-refractivity contribution in [2.45, 2.75) is 38.3 Å². The van der Waals surface area contributed by atoms with Crippen molar-refractivity contribution in [2.24, 2.45) is 16.6 Å². The lowest BCUT2D eigenvalue weighted by atomic mass is 9.46. The van der Waals surface area contributed by atoms with Gasteiger partial charge in [0.2, 0.25) is 5.78 Å². The maximum Gasteiger partial charge on any atom is 0.323 e. The first-order valence-electron chi connectivity index (χ1n) is 14.2. The third kappa shape index (κ3) is 4.37. The number of urea groups is 1. The second-order valence-corrected chi connectivity index (χ2v) is 12.9. The summed E-state index contributed by atoms with van der Waals surface area (Å²) in [5.41, 5.74) is -0.214. The second-order valence-electron chi connectivity index (χ2n) is 12.9. The number of carbonyl (C=O) groups is 4. The molecule has 13 nitrogen and oxygen atoms in total. The quantitative estimate of drug-likeness (QED) is 0.192. The molecule has 3 aliphatic rings. The molecule has 0 aromatic heterocycles.